The van der Waals surface area contributed by atoms with Gasteiger partial charge in [0.25, 0.3) is 0 Å². The Hall–Kier alpha value is -0.820. The molecule has 1 atom stereocenters. The molecule has 1 amide bonds. The lowest BCUT2D eigenvalue weighted by Crippen LogP contribution is -2.52. The van der Waals surface area contributed by atoms with Crippen molar-refractivity contribution >= 4 is 5.91 Å². The van der Waals surface area contributed by atoms with Gasteiger partial charge in [0.1, 0.15) is 0 Å². The minimum absolute atomic E-state index is 0.0352. The average Bonchev–Trinajstić information content (AvgIpc) is 2.19. The first-order valence-corrected chi connectivity index (χ1v) is 6.00. The van der Waals surface area contributed by atoms with E-state index in [9.17, 15) is 18.0 Å². The molecule has 1 unspecified atom stereocenters. The number of primary amides is 1. The molecule has 0 saturated carbocycles. The smallest absolute Gasteiger partial charge is 0.368 e. The van der Waals surface area contributed by atoms with Crippen LogP contribution in [0.4, 0.5) is 13.2 Å². The van der Waals surface area contributed by atoms with E-state index >= 15 is 0 Å². The SMILES string of the molecule is CCCNC(CN(CC(F)(F)F)C(C)C)C(N)=O. The van der Waals surface area contributed by atoms with Gasteiger partial charge in [-0.25, -0.2) is 0 Å². The van der Waals surface area contributed by atoms with Gasteiger partial charge in [-0.2, -0.15) is 13.2 Å². The largest absolute Gasteiger partial charge is 0.401 e. The molecule has 0 spiro atoms. The number of nitrogens with two attached hydrogens (primary N) is 1. The van der Waals surface area contributed by atoms with Crippen LogP contribution in [0.1, 0.15) is 27.2 Å². The maximum Gasteiger partial charge on any atom is 0.401 e. The zero-order valence-electron chi connectivity index (χ0n) is 11.0. The van der Waals surface area contributed by atoms with E-state index in [2.05, 4.69) is 5.32 Å². The van der Waals surface area contributed by atoms with Crippen LogP contribution in [0.5, 0.6) is 0 Å². The summed E-state index contributed by atoms with van der Waals surface area (Å²) in [5, 5.41) is 2.86. The summed E-state index contributed by atoms with van der Waals surface area (Å²) in [5.74, 6) is -0.628. The van der Waals surface area contributed by atoms with Crippen molar-refractivity contribution in [1.82, 2.24) is 10.2 Å². The molecule has 0 heterocycles. The number of nitrogens with one attached hydrogen (secondary N) is 1. The molecule has 0 aliphatic heterocycles. The zero-order chi connectivity index (χ0) is 14.3. The van der Waals surface area contributed by atoms with E-state index in [1.54, 1.807) is 13.8 Å². The zero-order valence-corrected chi connectivity index (χ0v) is 11.0. The first kappa shape index (κ1) is 17.2. The number of carbonyl (C=O) groups excluding carboxylic acids is 1. The third-order valence-electron chi connectivity index (χ3n) is 2.51. The summed E-state index contributed by atoms with van der Waals surface area (Å²) in [7, 11) is 0. The molecule has 3 N–H and O–H groups in total. The standard InChI is InChI=1S/C11H22F3N3O/c1-4-5-16-9(10(15)18)6-17(8(2)3)7-11(12,13)14/h8-9,16H,4-7H2,1-3H3,(H2,15,18). The lowest BCUT2D eigenvalue weighted by Gasteiger charge is -2.30. The summed E-state index contributed by atoms with van der Waals surface area (Å²) in [5.41, 5.74) is 5.18. The summed E-state index contributed by atoms with van der Waals surface area (Å²) < 4.78 is 37.2. The number of carbonyl (C=O) groups is 1. The highest BCUT2D eigenvalue weighted by molar-refractivity contribution is 5.80. The van der Waals surface area contributed by atoms with E-state index in [4.69, 9.17) is 5.73 Å². The predicted octanol–water partition coefficient (Wildman–Crippen LogP) is 1.11. The Bertz CT molecular complexity index is 256. The van der Waals surface area contributed by atoms with Crippen LogP contribution in [0.3, 0.4) is 0 Å². The van der Waals surface area contributed by atoms with Gasteiger partial charge >= 0.3 is 6.18 Å². The van der Waals surface area contributed by atoms with Gasteiger partial charge in [0.15, 0.2) is 0 Å². The van der Waals surface area contributed by atoms with Crippen LogP contribution in [0.15, 0.2) is 0 Å². The Morgan fingerprint density at radius 1 is 1.39 bits per heavy atom. The number of hydrogen-bond acceptors (Lipinski definition) is 3. The summed E-state index contributed by atoms with van der Waals surface area (Å²) in [6.07, 6.45) is -3.50. The number of amides is 1. The molecule has 0 aromatic rings. The van der Waals surface area contributed by atoms with Crippen LogP contribution >= 0.6 is 0 Å². The van der Waals surface area contributed by atoms with Crippen LogP contribution in [-0.4, -0.2) is 48.7 Å². The van der Waals surface area contributed by atoms with Gasteiger partial charge in [-0.15, -0.1) is 0 Å². The molecule has 18 heavy (non-hydrogen) atoms. The molecule has 0 fully saturated rings. The third kappa shape index (κ3) is 7.50. The summed E-state index contributed by atoms with van der Waals surface area (Å²) in [4.78, 5) is 12.4. The molecule has 0 bridgehead atoms. The fourth-order valence-corrected chi connectivity index (χ4v) is 1.50. The first-order chi connectivity index (χ1) is 8.17. The molecular formula is C11H22F3N3O. The number of nitrogens with zero attached hydrogens (tertiary/aromatic N) is 1. The van der Waals surface area contributed by atoms with Crippen molar-refractivity contribution in [3.63, 3.8) is 0 Å². The van der Waals surface area contributed by atoms with E-state index < -0.39 is 24.7 Å². The van der Waals surface area contributed by atoms with Crippen molar-refractivity contribution in [2.75, 3.05) is 19.6 Å². The molecule has 7 heteroatoms. The Morgan fingerprint density at radius 3 is 2.28 bits per heavy atom. The summed E-state index contributed by atoms with van der Waals surface area (Å²) in [6.45, 7) is 4.69. The van der Waals surface area contributed by atoms with Crippen molar-refractivity contribution in [2.24, 2.45) is 5.73 Å². The van der Waals surface area contributed by atoms with Crippen molar-refractivity contribution in [3.05, 3.63) is 0 Å². The summed E-state index contributed by atoms with van der Waals surface area (Å²) >= 11 is 0. The lowest BCUT2D eigenvalue weighted by molar-refractivity contribution is -0.151. The van der Waals surface area contributed by atoms with Crippen molar-refractivity contribution in [1.29, 1.82) is 0 Å². The predicted molar refractivity (Wildman–Crippen MR) is 64.0 cm³/mol. The fraction of sp³-hybridized carbons (Fsp3) is 0.909. The second kappa shape index (κ2) is 7.58. The van der Waals surface area contributed by atoms with Crippen LogP contribution in [0.25, 0.3) is 0 Å². The maximum absolute atomic E-state index is 12.4. The minimum atomic E-state index is -4.28. The van der Waals surface area contributed by atoms with Gasteiger partial charge in [-0.1, -0.05) is 6.92 Å². The van der Waals surface area contributed by atoms with Gasteiger partial charge in [-0.05, 0) is 26.8 Å². The summed E-state index contributed by atoms with van der Waals surface area (Å²) in [6, 6.07) is -1.06. The van der Waals surface area contributed by atoms with Crippen molar-refractivity contribution < 1.29 is 18.0 Å². The third-order valence-corrected chi connectivity index (χ3v) is 2.51. The van der Waals surface area contributed by atoms with E-state index in [0.717, 1.165) is 6.42 Å². The average molecular weight is 269 g/mol. The Kier molecular flexibility index (Phi) is 7.23. The van der Waals surface area contributed by atoms with Gasteiger partial charge < -0.3 is 11.1 Å². The highest BCUT2D eigenvalue weighted by Gasteiger charge is 2.33. The van der Waals surface area contributed by atoms with Crippen LogP contribution < -0.4 is 11.1 Å². The quantitative estimate of drug-likeness (QED) is 0.694. The van der Waals surface area contributed by atoms with E-state index in [0.29, 0.717) is 6.54 Å². The maximum atomic E-state index is 12.4. The van der Waals surface area contributed by atoms with Crippen molar-refractivity contribution in [3.8, 4) is 0 Å². The van der Waals surface area contributed by atoms with Crippen LogP contribution in [-0.2, 0) is 4.79 Å². The molecule has 0 aliphatic rings. The molecule has 4 nitrogen and oxygen atoms in total. The van der Waals surface area contributed by atoms with E-state index in [1.807, 2.05) is 6.92 Å². The Labute approximate surface area is 106 Å². The number of hydrogen-bond donors (Lipinski definition) is 2. The molecule has 0 rings (SSSR count). The molecule has 0 aromatic carbocycles. The molecule has 0 aliphatic carbocycles. The lowest BCUT2D eigenvalue weighted by atomic mass is 10.2. The Balaban J connectivity index is 4.56. The Morgan fingerprint density at radius 2 is 1.94 bits per heavy atom. The number of alkyl halides is 3. The van der Waals surface area contributed by atoms with Gasteiger partial charge in [-0.3, -0.25) is 9.69 Å². The highest BCUT2D eigenvalue weighted by atomic mass is 19.4. The van der Waals surface area contributed by atoms with Gasteiger partial charge in [0.2, 0.25) is 5.91 Å². The fourth-order valence-electron chi connectivity index (χ4n) is 1.50. The molecule has 0 radical (unpaired) electrons. The van der Waals surface area contributed by atoms with Crippen LogP contribution in [0, 0.1) is 0 Å². The molecule has 108 valence electrons. The molecular weight excluding hydrogens is 247 g/mol. The number of rotatable bonds is 8. The molecule has 0 aromatic heterocycles. The second-order valence-corrected chi connectivity index (χ2v) is 4.55. The first-order valence-electron chi connectivity index (χ1n) is 6.00. The van der Waals surface area contributed by atoms with Gasteiger partial charge in [0, 0.05) is 12.6 Å². The van der Waals surface area contributed by atoms with Crippen molar-refractivity contribution in [2.45, 2.75) is 45.5 Å². The number of halogens is 3. The highest BCUT2D eigenvalue weighted by Crippen LogP contribution is 2.18. The monoisotopic (exact) mass is 269 g/mol. The minimum Gasteiger partial charge on any atom is -0.368 e. The van der Waals surface area contributed by atoms with E-state index in [1.165, 1.54) is 4.90 Å². The van der Waals surface area contributed by atoms with Gasteiger partial charge in [0.05, 0.1) is 12.6 Å². The van der Waals surface area contributed by atoms with Crippen LogP contribution in [0.2, 0.25) is 0 Å². The topological polar surface area (TPSA) is 58.4 Å². The van der Waals surface area contributed by atoms with E-state index in [-0.39, 0.29) is 12.6 Å². The second-order valence-electron chi connectivity index (χ2n) is 4.55. The normalized spacial score (nSPS) is 14.2. The molecule has 0 saturated heterocycles.